The summed E-state index contributed by atoms with van der Waals surface area (Å²) in [6.45, 7) is 1.02. The molecule has 0 saturated carbocycles. The molecule has 3 aromatic rings. The molecule has 9 heteroatoms. The average Bonchev–Trinajstić information content (AvgIpc) is 3.29. The maximum atomic E-state index is 14.2. The molecule has 0 radical (unpaired) electrons. The van der Waals surface area contributed by atoms with Gasteiger partial charge in [-0.05, 0) is 73.7 Å². The van der Waals surface area contributed by atoms with E-state index in [9.17, 15) is 17.6 Å². The van der Waals surface area contributed by atoms with Crippen molar-refractivity contribution in [3.63, 3.8) is 0 Å². The first-order valence-corrected chi connectivity index (χ1v) is 12.1. The van der Waals surface area contributed by atoms with E-state index in [-0.39, 0.29) is 23.7 Å². The van der Waals surface area contributed by atoms with Crippen molar-refractivity contribution in [1.82, 2.24) is 9.97 Å². The van der Waals surface area contributed by atoms with E-state index in [0.717, 1.165) is 34.7 Å². The molecule has 33 heavy (non-hydrogen) atoms. The van der Waals surface area contributed by atoms with Crippen molar-refractivity contribution in [3.8, 4) is 5.75 Å². The Kier molecular flexibility index (Phi) is 6.69. The Bertz CT molecular complexity index is 1230. The molecule has 0 saturated heterocycles. The molecule has 0 N–H and O–H groups in total. The van der Waals surface area contributed by atoms with Gasteiger partial charge in [-0.15, -0.1) is 0 Å². The average molecular weight is 470 g/mol. The number of ether oxygens (including phenoxy) is 1. The standard InChI is InChI=1S/C24H24FN3O4S/c1-17(25)14-28(33(30,31)22-6-3-9-26-13-22)23-10-19-4-2-5-20(19)11-24(23)32-16-21-8-7-18(15-29)12-27-21/h3,6-13,15,17H,2,4-5,14,16H2,1H3/t17-/m1/s1. The van der Waals surface area contributed by atoms with Gasteiger partial charge in [-0.25, -0.2) is 12.8 Å². The highest BCUT2D eigenvalue weighted by atomic mass is 32.2. The van der Waals surface area contributed by atoms with Crippen molar-refractivity contribution in [1.29, 1.82) is 0 Å². The number of hydrogen-bond donors (Lipinski definition) is 0. The van der Waals surface area contributed by atoms with Gasteiger partial charge < -0.3 is 4.74 Å². The van der Waals surface area contributed by atoms with Crippen LogP contribution in [0.25, 0.3) is 0 Å². The zero-order valence-electron chi connectivity index (χ0n) is 18.1. The van der Waals surface area contributed by atoms with Crippen LogP contribution in [0.5, 0.6) is 5.75 Å². The molecule has 1 aromatic carbocycles. The van der Waals surface area contributed by atoms with E-state index < -0.39 is 16.2 Å². The number of halogens is 1. The number of nitrogens with zero attached hydrogens (tertiary/aromatic N) is 3. The van der Waals surface area contributed by atoms with Crippen LogP contribution in [0.15, 0.2) is 59.9 Å². The molecule has 172 valence electrons. The Morgan fingerprint density at radius 3 is 2.61 bits per heavy atom. The van der Waals surface area contributed by atoms with Crippen LogP contribution in [0.2, 0.25) is 0 Å². The predicted octanol–water partition coefficient (Wildman–Crippen LogP) is 3.91. The van der Waals surface area contributed by atoms with Crippen LogP contribution in [-0.2, 0) is 29.5 Å². The molecule has 0 bridgehead atoms. The van der Waals surface area contributed by atoms with Gasteiger partial charge in [0.05, 0.1) is 17.9 Å². The van der Waals surface area contributed by atoms with Gasteiger partial charge in [0.15, 0.2) is 6.29 Å². The topological polar surface area (TPSA) is 89.5 Å². The number of pyridine rings is 2. The third-order valence-corrected chi connectivity index (χ3v) is 7.20. The fourth-order valence-corrected chi connectivity index (χ4v) is 5.33. The fourth-order valence-electron chi connectivity index (χ4n) is 3.82. The number of alkyl halides is 1. The Balaban J connectivity index is 1.75. The van der Waals surface area contributed by atoms with Crippen LogP contribution in [-0.4, -0.2) is 37.4 Å². The van der Waals surface area contributed by atoms with Gasteiger partial charge in [0.1, 0.15) is 23.4 Å². The number of benzene rings is 1. The Labute approximate surface area is 192 Å². The van der Waals surface area contributed by atoms with E-state index in [0.29, 0.717) is 23.3 Å². The van der Waals surface area contributed by atoms with Gasteiger partial charge in [0, 0.05) is 24.2 Å². The molecule has 2 heterocycles. The smallest absolute Gasteiger partial charge is 0.266 e. The van der Waals surface area contributed by atoms with Crippen LogP contribution in [0.4, 0.5) is 10.1 Å². The summed E-state index contributed by atoms with van der Waals surface area (Å²) in [7, 11) is -4.08. The minimum absolute atomic E-state index is 0.0248. The number of fused-ring (bicyclic) bond motifs is 1. The molecular formula is C24H24FN3O4S. The maximum Gasteiger partial charge on any atom is 0.266 e. The third kappa shape index (κ3) is 5.03. The molecule has 0 fully saturated rings. The van der Waals surface area contributed by atoms with Crippen molar-refractivity contribution in [3.05, 3.63) is 77.4 Å². The van der Waals surface area contributed by atoms with Gasteiger partial charge in [-0.3, -0.25) is 19.1 Å². The fraction of sp³-hybridized carbons (Fsp3) is 0.292. The molecule has 2 aromatic heterocycles. The first-order chi connectivity index (χ1) is 15.9. The van der Waals surface area contributed by atoms with Gasteiger partial charge in [0.2, 0.25) is 0 Å². The number of sulfonamides is 1. The normalized spacial score (nSPS) is 13.9. The molecule has 1 aliphatic carbocycles. The van der Waals surface area contributed by atoms with Crippen molar-refractivity contribution in [2.24, 2.45) is 0 Å². The minimum atomic E-state index is -4.08. The molecule has 0 amide bonds. The van der Waals surface area contributed by atoms with Crippen molar-refractivity contribution >= 4 is 22.0 Å². The van der Waals surface area contributed by atoms with Crippen LogP contribution in [0.3, 0.4) is 0 Å². The SMILES string of the molecule is C[C@@H](F)CN(c1cc2c(cc1OCc1ccc(C=O)cn1)CCC2)S(=O)(=O)c1cccnc1. The monoisotopic (exact) mass is 469 g/mol. The number of anilines is 1. The Morgan fingerprint density at radius 2 is 1.97 bits per heavy atom. The summed E-state index contributed by atoms with van der Waals surface area (Å²) >= 11 is 0. The molecule has 1 aliphatic rings. The number of aryl methyl sites for hydroxylation is 2. The van der Waals surface area contributed by atoms with Crippen molar-refractivity contribution < 1.29 is 22.3 Å². The predicted molar refractivity (Wildman–Crippen MR) is 122 cm³/mol. The van der Waals surface area contributed by atoms with Crippen molar-refractivity contribution in [2.75, 3.05) is 10.8 Å². The lowest BCUT2D eigenvalue weighted by Crippen LogP contribution is -2.36. The lowest BCUT2D eigenvalue weighted by molar-refractivity contribution is 0.112. The van der Waals surface area contributed by atoms with E-state index in [1.54, 1.807) is 18.2 Å². The largest absolute Gasteiger partial charge is 0.485 e. The Morgan fingerprint density at radius 1 is 1.18 bits per heavy atom. The summed E-state index contributed by atoms with van der Waals surface area (Å²) in [6, 6.07) is 9.89. The van der Waals surface area contributed by atoms with Gasteiger partial charge >= 0.3 is 0 Å². The Hall–Kier alpha value is -3.33. The molecule has 1 atom stereocenters. The second-order valence-corrected chi connectivity index (χ2v) is 9.80. The van der Waals surface area contributed by atoms with E-state index in [4.69, 9.17) is 4.74 Å². The number of carbonyl (C=O) groups is 1. The van der Waals surface area contributed by atoms with Gasteiger partial charge in [0.25, 0.3) is 10.0 Å². The molecule has 7 nitrogen and oxygen atoms in total. The number of aldehydes is 1. The highest BCUT2D eigenvalue weighted by molar-refractivity contribution is 7.92. The van der Waals surface area contributed by atoms with Crippen LogP contribution < -0.4 is 9.04 Å². The molecule has 0 unspecified atom stereocenters. The third-order valence-electron chi connectivity index (χ3n) is 5.44. The highest BCUT2D eigenvalue weighted by Gasteiger charge is 2.30. The van der Waals surface area contributed by atoms with E-state index in [2.05, 4.69) is 9.97 Å². The summed E-state index contributed by atoms with van der Waals surface area (Å²) in [5.74, 6) is 0.338. The first-order valence-electron chi connectivity index (χ1n) is 10.6. The summed E-state index contributed by atoms with van der Waals surface area (Å²) in [6.07, 6.45) is 6.12. The van der Waals surface area contributed by atoms with E-state index in [1.807, 2.05) is 6.07 Å². The number of aromatic nitrogens is 2. The van der Waals surface area contributed by atoms with Gasteiger partial charge in [-0.1, -0.05) is 0 Å². The second-order valence-electron chi connectivity index (χ2n) is 7.94. The van der Waals surface area contributed by atoms with Gasteiger partial charge in [-0.2, -0.15) is 0 Å². The maximum absolute atomic E-state index is 14.2. The van der Waals surface area contributed by atoms with Crippen LogP contribution in [0, 0.1) is 0 Å². The molecular weight excluding hydrogens is 445 g/mol. The first kappa shape index (κ1) is 22.8. The van der Waals surface area contributed by atoms with E-state index in [1.165, 1.54) is 37.6 Å². The highest BCUT2D eigenvalue weighted by Crippen LogP contribution is 2.38. The van der Waals surface area contributed by atoms with E-state index >= 15 is 0 Å². The summed E-state index contributed by atoms with van der Waals surface area (Å²) in [5.41, 5.74) is 3.43. The summed E-state index contributed by atoms with van der Waals surface area (Å²) in [5, 5.41) is 0. The number of hydrogen-bond acceptors (Lipinski definition) is 6. The summed E-state index contributed by atoms with van der Waals surface area (Å²) < 4.78 is 48.3. The van der Waals surface area contributed by atoms with Crippen molar-refractivity contribution in [2.45, 2.75) is 43.9 Å². The zero-order valence-corrected chi connectivity index (χ0v) is 19.0. The lowest BCUT2D eigenvalue weighted by atomic mass is 10.1. The minimum Gasteiger partial charge on any atom is -0.485 e. The summed E-state index contributed by atoms with van der Waals surface area (Å²) in [4.78, 5) is 18.9. The molecule has 0 spiro atoms. The molecule has 4 rings (SSSR count). The van der Waals surface area contributed by atoms with Crippen LogP contribution in [0.1, 0.15) is 40.5 Å². The number of carbonyl (C=O) groups excluding carboxylic acids is 1. The van der Waals surface area contributed by atoms with Crippen LogP contribution >= 0.6 is 0 Å². The second kappa shape index (κ2) is 9.66. The molecule has 0 aliphatic heterocycles. The lowest BCUT2D eigenvalue weighted by Gasteiger charge is -2.27. The zero-order chi connectivity index (χ0) is 23.4. The number of rotatable bonds is 9. The quantitative estimate of drug-likeness (QED) is 0.442.